The molecule has 1 aliphatic rings. The Kier molecular flexibility index (Phi) is 3.76. The minimum absolute atomic E-state index is 0.301. The minimum atomic E-state index is 0.301. The van der Waals surface area contributed by atoms with Crippen LogP contribution in [-0.2, 0) is 6.54 Å². The van der Waals surface area contributed by atoms with Gasteiger partial charge in [-0.1, -0.05) is 6.42 Å². The molecule has 1 unspecified atom stereocenters. The number of thiazole rings is 1. The van der Waals surface area contributed by atoms with Crippen LogP contribution in [0.5, 0.6) is 0 Å². The van der Waals surface area contributed by atoms with Gasteiger partial charge in [0.05, 0.1) is 12.7 Å². The number of nitrogens with one attached hydrogen (secondary N) is 1. The Hall–Kier alpha value is -1.05. The van der Waals surface area contributed by atoms with Crippen molar-refractivity contribution in [3.63, 3.8) is 0 Å². The fraction of sp³-hybridized carbons (Fsp3) is 0.583. The molecule has 0 aromatic carbocycles. The highest BCUT2D eigenvalue weighted by Crippen LogP contribution is 2.26. The molecule has 3 heterocycles. The molecule has 1 fully saturated rings. The first-order valence-electron chi connectivity index (χ1n) is 6.47. The van der Waals surface area contributed by atoms with E-state index in [2.05, 4.69) is 27.0 Å². The Balaban J connectivity index is 1.72. The molecular weight excluding hydrogens is 280 g/mol. The lowest BCUT2D eigenvalue weighted by atomic mass is 10.0. The molecule has 0 amide bonds. The SMILES string of the molecule is CC1CCCCN1Cc1ncc(-c2n[nH]c(=S)o2)s1. The Morgan fingerprint density at radius 1 is 1.58 bits per heavy atom. The number of H-pyrrole nitrogens is 1. The molecule has 7 heteroatoms. The highest BCUT2D eigenvalue weighted by molar-refractivity contribution is 7.71. The van der Waals surface area contributed by atoms with Crippen LogP contribution in [0, 0.1) is 4.84 Å². The fourth-order valence-electron chi connectivity index (χ4n) is 2.38. The summed E-state index contributed by atoms with van der Waals surface area (Å²) in [7, 11) is 0. The third-order valence-corrected chi connectivity index (χ3v) is 4.63. The van der Waals surface area contributed by atoms with Crippen LogP contribution in [0.4, 0.5) is 0 Å². The monoisotopic (exact) mass is 296 g/mol. The van der Waals surface area contributed by atoms with Gasteiger partial charge in [0.1, 0.15) is 9.88 Å². The zero-order valence-corrected chi connectivity index (χ0v) is 12.4. The van der Waals surface area contributed by atoms with Crippen molar-refractivity contribution in [2.45, 2.75) is 38.8 Å². The van der Waals surface area contributed by atoms with Crippen molar-refractivity contribution in [3.8, 4) is 10.8 Å². The molecule has 1 aliphatic heterocycles. The first kappa shape index (κ1) is 13.0. The molecule has 5 nitrogen and oxygen atoms in total. The molecule has 2 aromatic heterocycles. The number of rotatable bonds is 3. The van der Waals surface area contributed by atoms with E-state index in [0.717, 1.165) is 16.4 Å². The maximum atomic E-state index is 5.30. The summed E-state index contributed by atoms with van der Waals surface area (Å²) in [5.41, 5.74) is 0. The maximum Gasteiger partial charge on any atom is 0.284 e. The Morgan fingerprint density at radius 3 is 3.21 bits per heavy atom. The Labute approximate surface area is 120 Å². The highest BCUT2D eigenvalue weighted by Gasteiger charge is 2.20. The smallest absolute Gasteiger partial charge is 0.284 e. The number of nitrogens with zero attached hydrogens (tertiary/aromatic N) is 3. The predicted octanol–water partition coefficient (Wildman–Crippen LogP) is 3.23. The Bertz CT molecular complexity index is 603. The van der Waals surface area contributed by atoms with E-state index in [1.54, 1.807) is 11.3 Å². The van der Waals surface area contributed by atoms with Gasteiger partial charge < -0.3 is 4.42 Å². The molecule has 1 atom stereocenters. The van der Waals surface area contributed by atoms with Crippen LogP contribution in [0.15, 0.2) is 10.6 Å². The van der Waals surface area contributed by atoms with Crippen molar-refractivity contribution in [1.82, 2.24) is 20.1 Å². The van der Waals surface area contributed by atoms with E-state index < -0.39 is 0 Å². The zero-order chi connectivity index (χ0) is 13.2. The first-order chi connectivity index (χ1) is 9.22. The first-order valence-corrected chi connectivity index (χ1v) is 7.69. The van der Waals surface area contributed by atoms with E-state index in [9.17, 15) is 0 Å². The average molecular weight is 296 g/mol. The number of aromatic amines is 1. The molecular formula is C12H16N4OS2. The molecule has 0 spiro atoms. The summed E-state index contributed by atoms with van der Waals surface area (Å²) in [6.07, 6.45) is 5.72. The van der Waals surface area contributed by atoms with E-state index in [4.69, 9.17) is 16.6 Å². The normalized spacial score (nSPS) is 20.8. The fourth-order valence-corrected chi connectivity index (χ4v) is 3.38. The quantitative estimate of drug-likeness (QED) is 0.881. The van der Waals surface area contributed by atoms with Gasteiger partial charge in [0.15, 0.2) is 0 Å². The van der Waals surface area contributed by atoms with E-state index in [1.165, 1.54) is 25.8 Å². The standard InChI is InChI=1S/C12H16N4OS2/c1-8-4-2-3-5-16(8)7-10-13-6-9(19-10)11-14-15-12(18)17-11/h6,8H,2-5,7H2,1H3,(H,15,18). The summed E-state index contributed by atoms with van der Waals surface area (Å²) < 4.78 is 5.30. The van der Waals surface area contributed by atoms with Gasteiger partial charge in [0.25, 0.3) is 10.7 Å². The highest BCUT2D eigenvalue weighted by atomic mass is 32.1. The van der Waals surface area contributed by atoms with Gasteiger partial charge in [-0.2, -0.15) is 0 Å². The molecule has 3 rings (SSSR count). The lowest BCUT2D eigenvalue weighted by molar-refractivity contribution is 0.152. The second kappa shape index (κ2) is 5.52. The van der Waals surface area contributed by atoms with Gasteiger partial charge in [-0.15, -0.1) is 16.4 Å². The van der Waals surface area contributed by atoms with Crippen LogP contribution in [0.3, 0.4) is 0 Å². The van der Waals surface area contributed by atoms with Gasteiger partial charge in [0.2, 0.25) is 0 Å². The van der Waals surface area contributed by atoms with Gasteiger partial charge in [-0.25, -0.2) is 10.1 Å². The maximum absolute atomic E-state index is 5.30. The minimum Gasteiger partial charge on any atom is -0.408 e. The molecule has 0 bridgehead atoms. The van der Waals surface area contributed by atoms with Gasteiger partial charge in [0, 0.05) is 6.04 Å². The van der Waals surface area contributed by atoms with Crippen molar-refractivity contribution >= 4 is 23.6 Å². The second-order valence-corrected chi connectivity index (χ2v) is 6.34. The molecule has 19 heavy (non-hydrogen) atoms. The molecule has 0 aliphatic carbocycles. The number of hydrogen-bond acceptors (Lipinski definition) is 6. The van der Waals surface area contributed by atoms with Crippen molar-refractivity contribution in [1.29, 1.82) is 0 Å². The topological polar surface area (TPSA) is 58.0 Å². The van der Waals surface area contributed by atoms with Crippen molar-refractivity contribution in [2.24, 2.45) is 0 Å². The van der Waals surface area contributed by atoms with E-state index in [-0.39, 0.29) is 0 Å². The molecule has 0 saturated carbocycles. The van der Waals surface area contributed by atoms with E-state index >= 15 is 0 Å². The molecule has 0 radical (unpaired) electrons. The second-order valence-electron chi connectivity index (χ2n) is 4.85. The van der Waals surface area contributed by atoms with Crippen molar-refractivity contribution < 1.29 is 4.42 Å². The van der Waals surface area contributed by atoms with Crippen molar-refractivity contribution in [3.05, 3.63) is 16.0 Å². The third kappa shape index (κ3) is 2.93. The summed E-state index contributed by atoms with van der Waals surface area (Å²) in [5, 5.41) is 7.76. The zero-order valence-electron chi connectivity index (χ0n) is 10.8. The largest absolute Gasteiger partial charge is 0.408 e. The van der Waals surface area contributed by atoms with Gasteiger partial charge in [-0.05, 0) is 38.5 Å². The molecule has 1 saturated heterocycles. The van der Waals surface area contributed by atoms with Crippen LogP contribution in [0.1, 0.15) is 31.2 Å². The van der Waals surface area contributed by atoms with E-state index in [0.29, 0.717) is 16.8 Å². The van der Waals surface area contributed by atoms with Crippen LogP contribution >= 0.6 is 23.6 Å². The van der Waals surface area contributed by atoms with Crippen LogP contribution in [-0.4, -0.2) is 32.7 Å². The molecule has 102 valence electrons. The summed E-state index contributed by atoms with van der Waals surface area (Å²) in [6, 6.07) is 0.649. The summed E-state index contributed by atoms with van der Waals surface area (Å²) in [4.78, 5) is 8.18. The third-order valence-electron chi connectivity index (χ3n) is 3.48. The summed E-state index contributed by atoms with van der Waals surface area (Å²) >= 11 is 6.50. The van der Waals surface area contributed by atoms with Crippen LogP contribution < -0.4 is 0 Å². The molecule has 2 aromatic rings. The summed E-state index contributed by atoms with van der Waals surface area (Å²) in [5.74, 6) is 0.528. The lowest BCUT2D eigenvalue weighted by Gasteiger charge is -2.32. The van der Waals surface area contributed by atoms with E-state index in [1.807, 2.05) is 6.20 Å². The predicted molar refractivity (Wildman–Crippen MR) is 76.5 cm³/mol. The lowest BCUT2D eigenvalue weighted by Crippen LogP contribution is -2.36. The average Bonchev–Trinajstić information content (AvgIpc) is 3.01. The van der Waals surface area contributed by atoms with Gasteiger partial charge in [-0.3, -0.25) is 4.90 Å². The Morgan fingerprint density at radius 2 is 2.47 bits per heavy atom. The van der Waals surface area contributed by atoms with Crippen LogP contribution in [0.2, 0.25) is 0 Å². The van der Waals surface area contributed by atoms with Gasteiger partial charge >= 0.3 is 0 Å². The summed E-state index contributed by atoms with van der Waals surface area (Å²) in [6.45, 7) is 4.37. The number of piperidine rings is 1. The number of aromatic nitrogens is 3. The molecule has 1 N–H and O–H groups in total. The van der Waals surface area contributed by atoms with Crippen molar-refractivity contribution in [2.75, 3.05) is 6.54 Å². The van der Waals surface area contributed by atoms with Crippen LogP contribution in [0.25, 0.3) is 10.8 Å². The number of likely N-dealkylation sites (tertiary alicyclic amines) is 1. The number of hydrogen-bond donors (Lipinski definition) is 1.